The zero-order chi connectivity index (χ0) is 21.0. The van der Waals surface area contributed by atoms with Crippen molar-refractivity contribution in [3.63, 3.8) is 0 Å². The molecule has 29 heavy (non-hydrogen) atoms. The Morgan fingerprint density at radius 3 is 2.52 bits per heavy atom. The lowest BCUT2D eigenvalue weighted by atomic mass is 10.3. The van der Waals surface area contributed by atoms with Crippen molar-refractivity contribution in [1.82, 2.24) is 9.29 Å². The smallest absolute Gasteiger partial charge is 0.266 e. The van der Waals surface area contributed by atoms with Gasteiger partial charge in [0.15, 0.2) is 11.2 Å². The summed E-state index contributed by atoms with van der Waals surface area (Å²) in [6.45, 7) is 6.07. The maximum Gasteiger partial charge on any atom is 0.266 e. The molecule has 3 rings (SSSR count). The number of amides is 1. The van der Waals surface area contributed by atoms with Crippen LogP contribution in [-0.4, -0.2) is 42.8 Å². The average molecular weight is 434 g/mol. The Morgan fingerprint density at radius 2 is 1.86 bits per heavy atom. The molecular formula is C20H23N3O4S2. The summed E-state index contributed by atoms with van der Waals surface area (Å²) in [5, 5.41) is 3.13. The fourth-order valence-corrected chi connectivity index (χ4v) is 5.26. The van der Waals surface area contributed by atoms with Crippen molar-refractivity contribution >= 4 is 42.6 Å². The van der Waals surface area contributed by atoms with Crippen molar-refractivity contribution in [3.8, 4) is 5.75 Å². The topological polar surface area (TPSA) is 88.6 Å². The number of hydrogen-bond acceptors (Lipinski definition) is 6. The van der Waals surface area contributed by atoms with E-state index in [0.29, 0.717) is 34.2 Å². The number of aromatic nitrogens is 1. The van der Waals surface area contributed by atoms with Crippen molar-refractivity contribution in [2.45, 2.75) is 31.8 Å². The average Bonchev–Trinajstić information content (AvgIpc) is 3.10. The van der Waals surface area contributed by atoms with Crippen LogP contribution >= 0.6 is 11.3 Å². The quantitative estimate of drug-likeness (QED) is 0.585. The SMILES string of the molecule is CCN(CC)S(=O)(=O)c1ccc2nc(NC(=O)C(C)Oc3ccccc3)sc2c1. The second-order valence-electron chi connectivity index (χ2n) is 6.30. The van der Waals surface area contributed by atoms with E-state index in [2.05, 4.69) is 10.3 Å². The third-order valence-electron chi connectivity index (χ3n) is 4.36. The summed E-state index contributed by atoms with van der Waals surface area (Å²) in [7, 11) is -3.55. The van der Waals surface area contributed by atoms with Crippen LogP contribution in [0.1, 0.15) is 20.8 Å². The molecule has 1 atom stereocenters. The van der Waals surface area contributed by atoms with Gasteiger partial charge in [0, 0.05) is 13.1 Å². The van der Waals surface area contributed by atoms with Gasteiger partial charge in [-0.25, -0.2) is 13.4 Å². The summed E-state index contributed by atoms with van der Waals surface area (Å²) in [5.74, 6) is 0.273. The molecule has 3 aromatic rings. The minimum absolute atomic E-state index is 0.219. The summed E-state index contributed by atoms with van der Waals surface area (Å²) < 4.78 is 33.1. The predicted molar refractivity (Wildman–Crippen MR) is 115 cm³/mol. The van der Waals surface area contributed by atoms with Gasteiger partial charge in [-0.05, 0) is 37.3 Å². The molecule has 0 saturated heterocycles. The first kappa shape index (κ1) is 21.2. The van der Waals surface area contributed by atoms with E-state index in [1.165, 1.54) is 15.6 Å². The third kappa shape index (κ3) is 4.75. The molecule has 7 nitrogen and oxygen atoms in total. The van der Waals surface area contributed by atoms with Crippen molar-refractivity contribution in [2.75, 3.05) is 18.4 Å². The minimum atomic E-state index is -3.55. The van der Waals surface area contributed by atoms with Crippen molar-refractivity contribution in [3.05, 3.63) is 48.5 Å². The highest BCUT2D eigenvalue weighted by atomic mass is 32.2. The molecule has 154 valence electrons. The molecule has 9 heteroatoms. The highest BCUT2D eigenvalue weighted by Gasteiger charge is 2.23. The van der Waals surface area contributed by atoms with Gasteiger partial charge in [-0.15, -0.1) is 0 Å². The molecule has 1 aromatic heterocycles. The van der Waals surface area contributed by atoms with E-state index in [1.54, 1.807) is 51.1 Å². The number of thiazole rings is 1. The van der Waals surface area contributed by atoms with Gasteiger partial charge in [0.05, 0.1) is 15.1 Å². The Morgan fingerprint density at radius 1 is 1.17 bits per heavy atom. The maximum absolute atomic E-state index is 12.7. The van der Waals surface area contributed by atoms with Crippen LogP contribution in [0.3, 0.4) is 0 Å². The van der Waals surface area contributed by atoms with Crippen LogP contribution in [0.25, 0.3) is 10.2 Å². The van der Waals surface area contributed by atoms with Gasteiger partial charge in [-0.3, -0.25) is 10.1 Å². The van der Waals surface area contributed by atoms with E-state index < -0.39 is 16.1 Å². The van der Waals surface area contributed by atoms with Gasteiger partial charge in [-0.1, -0.05) is 43.4 Å². The van der Waals surface area contributed by atoms with Gasteiger partial charge in [0.25, 0.3) is 5.91 Å². The standard InChI is InChI=1S/C20H23N3O4S2/c1-4-23(5-2)29(25,26)16-11-12-17-18(13-16)28-20(21-17)22-19(24)14(3)27-15-9-7-6-8-10-15/h6-14H,4-5H2,1-3H3,(H,21,22,24). The molecule has 1 heterocycles. The molecule has 1 unspecified atom stereocenters. The number of sulfonamides is 1. The zero-order valence-electron chi connectivity index (χ0n) is 16.5. The molecule has 1 amide bonds. The molecule has 0 radical (unpaired) electrons. The van der Waals surface area contributed by atoms with Gasteiger partial charge < -0.3 is 4.74 Å². The molecular weight excluding hydrogens is 410 g/mol. The largest absolute Gasteiger partial charge is 0.481 e. The van der Waals surface area contributed by atoms with E-state index in [4.69, 9.17) is 4.74 Å². The zero-order valence-corrected chi connectivity index (χ0v) is 18.1. The number of nitrogens with zero attached hydrogens (tertiary/aromatic N) is 2. The number of carbonyl (C=O) groups is 1. The number of fused-ring (bicyclic) bond motifs is 1. The van der Waals surface area contributed by atoms with Crippen LogP contribution in [-0.2, 0) is 14.8 Å². The molecule has 0 saturated carbocycles. The number of nitrogens with one attached hydrogen (secondary N) is 1. The fraction of sp³-hybridized carbons (Fsp3) is 0.300. The third-order valence-corrected chi connectivity index (χ3v) is 7.34. The van der Waals surface area contributed by atoms with Crippen LogP contribution in [0.5, 0.6) is 5.75 Å². The molecule has 0 spiro atoms. The fourth-order valence-electron chi connectivity index (χ4n) is 2.80. The molecule has 0 fully saturated rings. The Bertz CT molecular complexity index is 1090. The Balaban J connectivity index is 1.77. The summed E-state index contributed by atoms with van der Waals surface area (Å²) in [4.78, 5) is 17.0. The number of ether oxygens (including phenoxy) is 1. The first-order valence-corrected chi connectivity index (χ1v) is 11.5. The minimum Gasteiger partial charge on any atom is -0.481 e. The van der Waals surface area contributed by atoms with E-state index >= 15 is 0 Å². The van der Waals surface area contributed by atoms with E-state index in [1.807, 2.05) is 18.2 Å². The second kappa shape index (κ2) is 8.89. The Kier molecular flexibility index (Phi) is 6.51. The van der Waals surface area contributed by atoms with Crippen LogP contribution in [0, 0.1) is 0 Å². The second-order valence-corrected chi connectivity index (χ2v) is 9.27. The number of para-hydroxylation sites is 1. The summed E-state index contributed by atoms with van der Waals surface area (Å²) >= 11 is 1.22. The van der Waals surface area contributed by atoms with E-state index in [0.717, 1.165) is 0 Å². The number of anilines is 1. The first-order chi connectivity index (χ1) is 13.8. The summed E-state index contributed by atoms with van der Waals surface area (Å²) in [6.07, 6.45) is -0.706. The maximum atomic E-state index is 12.7. The number of hydrogen-bond donors (Lipinski definition) is 1. The lowest BCUT2D eigenvalue weighted by molar-refractivity contribution is -0.122. The molecule has 0 aliphatic heterocycles. The van der Waals surface area contributed by atoms with Gasteiger partial charge in [0.2, 0.25) is 10.0 Å². The molecule has 2 aromatic carbocycles. The van der Waals surface area contributed by atoms with E-state index in [9.17, 15) is 13.2 Å². The van der Waals surface area contributed by atoms with Gasteiger partial charge in [0.1, 0.15) is 5.75 Å². The van der Waals surface area contributed by atoms with E-state index in [-0.39, 0.29) is 10.8 Å². The van der Waals surface area contributed by atoms with Crippen LogP contribution in [0.4, 0.5) is 5.13 Å². The van der Waals surface area contributed by atoms with Crippen LogP contribution in [0.15, 0.2) is 53.4 Å². The van der Waals surface area contributed by atoms with Crippen molar-refractivity contribution < 1.29 is 17.9 Å². The Labute approximate surface area is 174 Å². The van der Waals surface area contributed by atoms with Gasteiger partial charge in [-0.2, -0.15) is 4.31 Å². The van der Waals surface area contributed by atoms with Crippen LogP contribution < -0.4 is 10.1 Å². The number of rotatable bonds is 8. The molecule has 0 aliphatic rings. The monoisotopic (exact) mass is 433 g/mol. The normalized spacial score (nSPS) is 12.8. The molecule has 0 bridgehead atoms. The van der Waals surface area contributed by atoms with Crippen LogP contribution in [0.2, 0.25) is 0 Å². The Hall–Kier alpha value is -2.49. The van der Waals surface area contributed by atoms with Gasteiger partial charge >= 0.3 is 0 Å². The van der Waals surface area contributed by atoms with Crippen molar-refractivity contribution in [1.29, 1.82) is 0 Å². The van der Waals surface area contributed by atoms with Crippen molar-refractivity contribution in [2.24, 2.45) is 0 Å². The number of benzene rings is 2. The predicted octanol–water partition coefficient (Wildman–Crippen LogP) is 3.73. The molecule has 1 N–H and O–H groups in total. The molecule has 0 aliphatic carbocycles. The highest BCUT2D eigenvalue weighted by molar-refractivity contribution is 7.89. The lowest BCUT2D eigenvalue weighted by Crippen LogP contribution is -2.30. The first-order valence-electron chi connectivity index (χ1n) is 9.28. The summed E-state index contributed by atoms with van der Waals surface area (Å²) in [5.41, 5.74) is 0.625. The highest BCUT2D eigenvalue weighted by Crippen LogP contribution is 2.29. The summed E-state index contributed by atoms with van der Waals surface area (Å²) in [6, 6.07) is 13.9. The lowest BCUT2D eigenvalue weighted by Gasteiger charge is -2.18. The number of carbonyl (C=O) groups excluding carboxylic acids is 1.